The van der Waals surface area contributed by atoms with Crippen LogP contribution in [0.2, 0.25) is 0 Å². The number of nitrogens with one attached hydrogen (secondary N) is 1. The highest BCUT2D eigenvalue weighted by atomic mass is 32.2. The standard InChI is InChI=1S/C28H42N2O9S/c1-11-40(35,36)30(25(34)39-28(8,9)10)18-19-12-14-20(15-13-19)23(32)29-21(24(33)38-27(5,6)7)16-17-22(31)37-26(2,3)4/h11-15,21H,1,16-18H2,2-10H3,(H,29,32)/t21-/m0/s1. The number of rotatable bonds is 10. The fourth-order valence-electron chi connectivity index (χ4n) is 3.11. The molecule has 1 aromatic rings. The van der Waals surface area contributed by atoms with Crippen LogP contribution in [0.5, 0.6) is 0 Å². The van der Waals surface area contributed by atoms with Crippen LogP contribution in [0.15, 0.2) is 36.3 Å². The topological polar surface area (TPSA) is 145 Å². The van der Waals surface area contributed by atoms with Gasteiger partial charge in [0.15, 0.2) is 0 Å². The molecule has 0 saturated heterocycles. The predicted octanol–water partition coefficient (Wildman–Crippen LogP) is 4.46. The van der Waals surface area contributed by atoms with Gasteiger partial charge in [0, 0.05) is 17.4 Å². The van der Waals surface area contributed by atoms with Gasteiger partial charge in [-0.05, 0) is 86.4 Å². The molecule has 0 spiro atoms. The lowest BCUT2D eigenvalue weighted by molar-refractivity contribution is -0.158. The van der Waals surface area contributed by atoms with Gasteiger partial charge in [0.2, 0.25) is 0 Å². The number of carbonyl (C=O) groups is 4. The van der Waals surface area contributed by atoms with Gasteiger partial charge < -0.3 is 19.5 Å². The van der Waals surface area contributed by atoms with Crippen molar-refractivity contribution in [1.82, 2.24) is 9.62 Å². The molecule has 0 aliphatic rings. The zero-order valence-electron chi connectivity index (χ0n) is 24.8. The maximum atomic E-state index is 13.0. The van der Waals surface area contributed by atoms with Crippen molar-refractivity contribution in [2.45, 2.75) is 105 Å². The van der Waals surface area contributed by atoms with Gasteiger partial charge in [-0.15, -0.1) is 0 Å². The first-order valence-electron chi connectivity index (χ1n) is 12.8. The summed E-state index contributed by atoms with van der Waals surface area (Å²) in [6.07, 6.45) is -1.24. The van der Waals surface area contributed by atoms with E-state index in [-0.39, 0.29) is 24.9 Å². The fraction of sp³-hybridized carbons (Fsp3) is 0.571. The SMILES string of the molecule is C=CS(=O)(=O)N(Cc1ccc(C(=O)N[C@@H](CCC(=O)OC(C)(C)C)C(=O)OC(C)(C)C)cc1)C(=O)OC(C)(C)C. The lowest BCUT2D eigenvalue weighted by atomic mass is 10.1. The van der Waals surface area contributed by atoms with Crippen LogP contribution in [-0.2, 0) is 40.4 Å². The van der Waals surface area contributed by atoms with Crippen LogP contribution in [0.1, 0.15) is 91.1 Å². The smallest absolute Gasteiger partial charge is 0.424 e. The van der Waals surface area contributed by atoms with E-state index < -0.39 is 56.8 Å². The molecule has 40 heavy (non-hydrogen) atoms. The summed E-state index contributed by atoms with van der Waals surface area (Å²) in [6.45, 7) is 17.9. The normalized spacial score (nSPS) is 13.0. The molecule has 2 amide bonds. The minimum absolute atomic E-state index is 0.0437. The number of hydrogen-bond acceptors (Lipinski definition) is 9. The Labute approximate surface area is 237 Å². The maximum Gasteiger partial charge on any atom is 0.424 e. The van der Waals surface area contributed by atoms with Crippen LogP contribution in [0, 0.1) is 0 Å². The zero-order chi connectivity index (χ0) is 31.1. The van der Waals surface area contributed by atoms with Gasteiger partial charge in [-0.25, -0.2) is 18.0 Å². The molecule has 0 heterocycles. The van der Waals surface area contributed by atoms with E-state index in [2.05, 4.69) is 11.9 Å². The molecule has 11 nitrogen and oxygen atoms in total. The highest BCUT2D eigenvalue weighted by Crippen LogP contribution is 2.18. The highest BCUT2D eigenvalue weighted by molar-refractivity contribution is 7.92. The van der Waals surface area contributed by atoms with Crippen molar-refractivity contribution in [2.75, 3.05) is 0 Å². The maximum absolute atomic E-state index is 13.0. The van der Waals surface area contributed by atoms with Crippen LogP contribution in [0.25, 0.3) is 0 Å². The van der Waals surface area contributed by atoms with Gasteiger partial charge >= 0.3 is 18.0 Å². The second-order valence-corrected chi connectivity index (χ2v) is 13.9. The zero-order valence-corrected chi connectivity index (χ0v) is 25.6. The largest absolute Gasteiger partial charge is 0.460 e. The minimum Gasteiger partial charge on any atom is -0.460 e. The van der Waals surface area contributed by atoms with Gasteiger partial charge in [0.1, 0.15) is 22.8 Å². The fourth-order valence-corrected chi connectivity index (χ4v) is 3.86. The second-order valence-electron chi connectivity index (χ2n) is 12.1. The molecule has 12 heteroatoms. The van der Waals surface area contributed by atoms with Crippen molar-refractivity contribution < 1.29 is 41.8 Å². The number of ether oxygens (including phenoxy) is 3. The summed E-state index contributed by atoms with van der Waals surface area (Å²) >= 11 is 0. The van der Waals surface area contributed by atoms with Crippen molar-refractivity contribution in [3.63, 3.8) is 0 Å². The number of benzene rings is 1. The van der Waals surface area contributed by atoms with E-state index in [1.54, 1.807) is 62.3 Å². The van der Waals surface area contributed by atoms with Crippen LogP contribution in [0.3, 0.4) is 0 Å². The third-order valence-corrected chi connectivity index (χ3v) is 6.02. The molecular formula is C28H42N2O9S. The minimum atomic E-state index is -4.17. The van der Waals surface area contributed by atoms with Gasteiger partial charge in [-0.2, -0.15) is 4.31 Å². The lowest BCUT2D eigenvalue weighted by Crippen LogP contribution is -2.44. The molecule has 0 fully saturated rings. The molecule has 0 aromatic heterocycles. The van der Waals surface area contributed by atoms with E-state index in [9.17, 15) is 27.6 Å². The number of sulfonamides is 1. The molecular weight excluding hydrogens is 540 g/mol. The summed E-state index contributed by atoms with van der Waals surface area (Å²) in [5.41, 5.74) is -1.90. The van der Waals surface area contributed by atoms with Crippen LogP contribution >= 0.6 is 0 Å². The molecule has 224 valence electrons. The molecule has 0 aliphatic heterocycles. The summed E-state index contributed by atoms with van der Waals surface area (Å²) in [7, 11) is -4.17. The van der Waals surface area contributed by atoms with E-state index in [4.69, 9.17) is 14.2 Å². The van der Waals surface area contributed by atoms with E-state index in [0.717, 1.165) is 0 Å². The third kappa shape index (κ3) is 12.6. The molecule has 1 aromatic carbocycles. The Morgan fingerprint density at radius 3 is 1.82 bits per heavy atom. The van der Waals surface area contributed by atoms with Crippen molar-refractivity contribution >= 4 is 34.0 Å². The van der Waals surface area contributed by atoms with Crippen LogP contribution in [0.4, 0.5) is 4.79 Å². The summed E-state index contributed by atoms with van der Waals surface area (Å²) < 4.78 is 41.3. The summed E-state index contributed by atoms with van der Waals surface area (Å²) in [6, 6.07) is 4.64. The Kier molecular flexibility index (Phi) is 11.5. The average Bonchev–Trinajstić information content (AvgIpc) is 2.76. The Bertz CT molecular complexity index is 1190. The van der Waals surface area contributed by atoms with Crippen molar-refractivity contribution in [3.05, 3.63) is 47.4 Å². The van der Waals surface area contributed by atoms with E-state index in [0.29, 0.717) is 15.3 Å². The third-order valence-electron chi connectivity index (χ3n) is 4.71. The summed E-state index contributed by atoms with van der Waals surface area (Å²) in [5.74, 6) is -1.85. The number of esters is 2. The molecule has 0 unspecified atom stereocenters. The number of nitrogens with zero attached hydrogens (tertiary/aromatic N) is 1. The monoisotopic (exact) mass is 582 g/mol. The molecule has 1 rings (SSSR count). The molecule has 0 saturated carbocycles. The number of amides is 2. The van der Waals surface area contributed by atoms with Gasteiger partial charge in [0.25, 0.3) is 15.9 Å². The highest BCUT2D eigenvalue weighted by Gasteiger charge is 2.31. The Hall–Kier alpha value is -3.41. The number of carbonyl (C=O) groups excluding carboxylic acids is 4. The van der Waals surface area contributed by atoms with Crippen molar-refractivity contribution in [1.29, 1.82) is 0 Å². The van der Waals surface area contributed by atoms with Gasteiger partial charge in [0.05, 0.1) is 6.54 Å². The lowest BCUT2D eigenvalue weighted by Gasteiger charge is -2.26. The van der Waals surface area contributed by atoms with Gasteiger partial charge in [-0.3, -0.25) is 9.59 Å². The molecule has 1 atom stereocenters. The predicted molar refractivity (Wildman–Crippen MR) is 150 cm³/mol. The summed E-state index contributed by atoms with van der Waals surface area (Å²) in [5, 5.41) is 3.24. The number of hydrogen-bond donors (Lipinski definition) is 1. The first kappa shape index (κ1) is 34.6. The first-order chi connectivity index (χ1) is 18.0. The van der Waals surface area contributed by atoms with E-state index >= 15 is 0 Å². The Morgan fingerprint density at radius 2 is 1.38 bits per heavy atom. The van der Waals surface area contributed by atoms with Crippen molar-refractivity contribution in [3.8, 4) is 0 Å². The van der Waals surface area contributed by atoms with Crippen LogP contribution in [-0.4, -0.2) is 59.5 Å². The Morgan fingerprint density at radius 1 is 0.875 bits per heavy atom. The average molecular weight is 583 g/mol. The Balaban J connectivity index is 3.09. The molecule has 0 aliphatic carbocycles. The quantitative estimate of drug-likeness (QED) is 0.312. The first-order valence-corrected chi connectivity index (χ1v) is 14.3. The second kappa shape index (κ2) is 13.3. The van der Waals surface area contributed by atoms with Crippen LogP contribution < -0.4 is 5.32 Å². The molecule has 0 radical (unpaired) electrons. The van der Waals surface area contributed by atoms with E-state index in [1.807, 2.05) is 0 Å². The molecule has 1 N–H and O–H groups in total. The van der Waals surface area contributed by atoms with Gasteiger partial charge in [-0.1, -0.05) is 18.7 Å². The molecule has 0 bridgehead atoms. The van der Waals surface area contributed by atoms with Crippen molar-refractivity contribution in [2.24, 2.45) is 0 Å². The van der Waals surface area contributed by atoms with E-state index in [1.165, 1.54) is 24.3 Å². The summed E-state index contributed by atoms with van der Waals surface area (Å²) in [4.78, 5) is 50.5.